The molecule has 1 aromatic carbocycles. The minimum Gasteiger partial charge on any atom is -0.492 e. The molecule has 0 spiro atoms. The van der Waals surface area contributed by atoms with Crippen LogP contribution in [0, 0.1) is 0 Å². The Morgan fingerprint density at radius 3 is 2.93 bits per heavy atom. The van der Waals surface area contributed by atoms with Crippen molar-refractivity contribution in [2.45, 2.75) is 24.8 Å². The number of benzene rings is 1. The fourth-order valence-electron chi connectivity index (χ4n) is 2.02. The molecule has 1 aliphatic heterocycles. The summed E-state index contributed by atoms with van der Waals surface area (Å²) in [6.45, 7) is 0.678. The Bertz CT molecular complexity index is 435. The van der Waals surface area contributed by atoms with Gasteiger partial charge in [-0.1, -0.05) is 12.1 Å². The minimum atomic E-state index is -0.596. The van der Waals surface area contributed by atoms with Gasteiger partial charge in [-0.15, -0.1) is 0 Å². The standard InChI is InChI=1S/C12H13NO2/c13-12(5-6-12)11(14)9-3-1-2-8-4-7-15-10(8)9/h1-3H,4-7,13H2. The molecule has 78 valence electrons. The molecular formula is C12H13NO2. The van der Waals surface area contributed by atoms with Gasteiger partial charge < -0.3 is 10.5 Å². The second-order valence-corrected chi connectivity index (χ2v) is 4.38. The van der Waals surface area contributed by atoms with E-state index in [9.17, 15) is 4.79 Å². The third-order valence-corrected chi connectivity index (χ3v) is 3.20. The molecule has 1 aromatic rings. The third kappa shape index (κ3) is 1.27. The molecule has 0 unspecified atom stereocenters. The number of rotatable bonds is 2. The van der Waals surface area contributed by atoms with Crippen molar-refractivity contribution in [2.75, 3.05) is 6.61 Å². The highest BCUT2D eigenvalue weighted by Crippen LogP contribution is 2.39. The predicted octanol–water partition coefficient (Wildman–Crippen LogP) is 1.30. The van der Waals surface area contributed by atoms with E-state index in [1.807, 2.05) is 18.2 Å². The molecule has 3 nitrogen and oxygen atoms in total. The first-order valence-corrected chi connectivity index (χ1v) is 5.29. The normalized spacial score (nSPS) is 20.6. The van der Waals surface area contributed by atoms with Crippen LogP contribution in [-0.4, -0.2) is 17.9 Å². The highest BCUT2D eigenvalue weighted by molar-refractivity contribution is 6.07. The van der Waals surface area contributed by atoms with Gasteiger partial charge in [0.2, 0.25) is 0 Å². The van der Waals surface area contributed by atoms with Gasteiger partial charge in [0.25, 0.3) is 0 Å². The van der Waals surface area contributed by atoms with E-state index in [0.29, 0.717) is 12.2 Å². The largest absolute Gasteiger partial charge is 0.492 e. The van der Waals surface area contributed by atoms with Gasteiger partial charge in [0.1, 0.15) is 5.75 Å². The Morgan fingerprint density at radius 2 is 2.20 bits per heavy atom. The summed E-state index contributed by atoms with van der Waals surface area (Å²) >= 11 is 0. The summed E-state index contributed by atoms with van der Waals surface area (Å²) in [4.78, 5) is 12.1. The van der Waals surface area contributed by atoms with Crippen molar-refractivity contribution in [3.8, 4) is 5.75 Å². The number of carbonyl (C=O) groups excluding carboxylic acids is 1. The Balaban J connectivity index is 2.05. The van der Waals surface area contributed by atoms with Crippen molar-refractivity contribution in [3.63, 3.8) is 0 Å². The lowest BCUT2D eigenvalue weighted by atomic mass is 9.99. The van der Waals surface area contributed by atoms with Crippen LogP contribution < -0.4 is 10.5 Å². The van der Waals surface area contributed by atoms with Crippen LogP contribution in [0.3, 0.4) is 0 Å². The van der Waals surface area contributed by atoms with Crippen LogP contribution in [0.5, 0.6) is 5.75 Å². The maximum atomic E-state index is 12.1. The van der Waals surface area contributed by atoms with E-state index in [1.165, 1.54) is 0 Å². The van der Waals surface area contributed by atoms with Crippen molar-refractivity contribution in [2.24, 2.45) is 5.73 Å². The molecule has 0 aromatic heterocycles. The van der Waals surface area contributed by atoms with Crippen LogP contribution in [0.15, 0.2) is 18.2 Å². The molecule has 0 atom stereocenters. The number of carbonyl (C=O) groups is 1. The van der Waals surface area contributed by atoms with E-state index < -0.39 is 5.54 Å². The van der Waals surface area contributed by atoms with Crippen LogP contribution in [0.1, 0.15) is 28.8 Å². The number of nitrogens with two attached hydrogens (primary N) is 1. The molecule has 2 aliphatic rings. The number of hydrogen-bond donors (Lipinski definition) is 1. The van der Waals surface area contributed by atoms with Gasteiger partial charge >= 0.3 is 0 Å². The lowest BCUT2D eigenvalue weighted by molar-refractivity contribution is 0.0946. The first-order chi connectivity index (χ1) is 7.21. The molecule has 15 heavy (non-hydrogen) atoms. The summed E-state index contributed by atoms with van der Waals surface area (Å²) in [5.74, 6) is 0.806. The van der Waals surface area contributed by atoms with Gasteiger partial charge in [0, 0.05) is 6.42 Å². The molecular weight excluding hydrogens is 190 g/mol. The molecule has 1 heterocycles. The van der Waals surface area contributed by atoms with Gasteiger partial charge in [0.15, 0.2) is 5.78 Å². The van der Waals surface area contributed by atoms with Crippen molar-refractivity contribution in [1.82, 2.24) is 0 Å². The number of Topliss-reactive ketones (excluding diaryl/α,β-unsaturated/α-hetero) is 1. The smallest absolute Gasteiger partial charge is 0.186 e. The molecule has 3 heteroatoms. The van der Waals surface area contributed by atoms with Crippen molar-refractivity contribution >= 4 is 5.78 Å². The Morgan fingerprint density at radius 1 is 1.40 bits per heavy atom. The van der Waals surface area contributed by atoms with Crippen LogP contribution >= 0.6 is 0 Å². The zero-order valence-electron chi connectivity index (χ0n) is 8.45. The number of fused-ring (bicyclic) bond motifs is 1. The van der Waals surface area contributed by atoms with E-state index in [-0.39, 0.29) is 5.78 Å². The summed E-state index contributed by atoms with van der Waals surface area (Å²) in [5.41, 5.74) is 7.12. The summed E-state index contributed by atoms with van der Waals surface area (Å²) in [6, 6.07) is 5.74. The zero-order chi connectivity index (χ0) is 10.5. The van der Waals surface area contributed by atoms with E-state index in [1.54, 1.807) is 0 Å². The highest BCUT2D eigenvalue weighted by Gasteiger charge is 2.47. The maximum Gasteiger partial charge on any atom is 0.186 e. The second kappa shape index (κ2) is 2.83. The topological polar surface area (TPSA) is 52.3 Å². The fourth-order valence-corrected chi connectivity index (χ4v) is 2.02. The molecule has 1 saturated carbocycles. The summed E-state index contributed by atoms with van der Waals surface area (Å²) < 4.78 is 5.50. The van der Waals surface area contributed by atoms with E-state index in [2.05, 4.69) is 0 Å². The van der Waals surface area contributed by atoms with Crippen LogP contribution in [0.4, 0.5) is 0 Å². The Kier molecular flexibility index (Phi) is 1.68. The zero-order valence-corrected chi connectivity index (χ0v) is 8.45. The van der Waals surface area contributed by atoms with Crippen LogP contribution in [-0.2, 0) is 6.42 Å². The van der Waals surface area contributed by atoms with Gasteiger partial charge in [-0.05, 0) is 24.5 Å². The lowest BCUT2D eigenvalue weighted by Gasteiger charge is -2.10. The summed E-state index contributed by atoms with van der Waals surface area (Å²) in [6.07, 6.45) is 2.50. The first kappa shape index (κ1) is 8.92. The van der Waals surface area contributed by atoms with E-state index >= 15 is 0 Å². The first-order valence-electron chi connectivity index (χ1n) is 5.29. The summed E-state index contributed by atoms with van der Waals surface area (Å²) in [7, 11) is 0. The van der Waals surface area contributed by atoms with E-state index in [4.69, 9.17) is 10.5 Å². The van der Waals surface area contributed by atoms with Crippen LogP contribution in [0.2, 0.25) is 0 Å². The van der Waals surface area contributed by atoms with Crippen LogP contribution in [0.25, 0.3) is 0 Å². The average molecular weight is 203 g/mol. The van der Waals surface area contributed by atoms with E-state index in [0.717, 1.165) is 30.6 Å². The number of hydrogen-bond acceptors (Lipinski definition) is 3. The predicted molar refractivity (Wildman–Crippen MR) is 56.1 cm³/mol. The van der Waals surface area contributed by atoms with Gasteiger partial charge in [-0.3, -0.25) is 4.79 Å². The maximum absolute atomic E-state index is 12.1. The molecule has 2 N–H and O–H groups in total. The fraction of sp³-hybridized carbons (Fsp3) is 0.417. The molecule has 1 fully saturated rings. The minimum absolute atomic E-state index is 0.0428. The number of ketones is 1. The van der Waals surface area contributed by atoms with Gasteiger partial charge in [-0.25, -0.2) is 0 Å². The second-order valence-electron chi connectivity index (χ2n) is 4.38. The molecule has 0 amide bonds. The quantitative estimate of drug-likeness (QED) is 0.737. The SMILES string of the molecule is NC1(C(=O)c2cccc3c2OCC3)CC1. The van der Waals surface area contributed by atoms with Gasteiger partial charge in [0.05, 0.1) is 17.7 Å². The van der Waals surface area contributed by atoms with Crippen molar-refractivity contribution < 1.29 is 9.53 Å². The van der Waals surface area contributed by atoms with Crippen molar-refractivity contribution in [1.29, 1.82) is 0 Å². The lowest BCUT2D eigenvalue weighted by Crippen LogP contribution is -2.32. The number of ether oxygens (including phenoxy) is 1. The number of para-hydroxylation sites is 1. The molecule has 0 saturated heterocycles. The average Bonchev–Trinajstić information content (AvgIpc) is 2.82. The molecule has 0 bridgehead atoms. The highest BCUT2D eigenvalue weighted by atomic mass is 16.5. The van der Waals surface area contributed by atoms with Gasteiger partial charge in [-0.2, -0.15) is 0 Å². The Hall–Kier alpha value is -1.35. The molecule has 3 rings (SSSR count). The van der Waals surface area contributed by atoms with Crippen molar-refractivity contribution in [3.05, 3.63) is 29.3 Å². The molecule has 0 radical (unpaired) electrons. The Labute approximate surface area is 88.2 Å². The molecule has 1 aliphatic carbocycles. The third-order valence-electron chi connectivity index (χ3n) is 3.20. The monoisotopic (exact) mass is 203 g/mol. The summed E-state index contributed by atoms with van der Waals surface area (Å²) in [5, 5.41) is 0.